The Bertz CT molecular complexity index is 873. The Balaban J connectivity index is 1.81. The molecule has 0 fully saturated rings. The first-order valence-corrected chi connectivity index (χ1v) is 8.18. The summed E-state index contributed by atoms with van der Waals surface area (Å²) in [4.78, 5) is 26.3. The number of rotatable bonds is 5. The Morgan fingerprint density at radius 3 is 2.65 bits per heavy atom. The van der Waals surface area contributed by atoms with Gasteiger partial charge in [-0.15, -0.1) is 0 Å². The molecule has 26 heavy (non-hydrogen) atoms. The molecule has 0 saturated carbocycles. The largest absolute Gasteiger partial charge is 0.362 e. The van der Waals surface area contributed by atoms with Crippen LogP contribution in [-0.2, 0) is 11.2 Å². The number of fused-ring (bicyclic) bond motifs is 1. The molecule has 2 aromatic carbocycles. The molecule has 0 bridgehead atoms. The molecule has 0 radical (unpaired) electrons. The molecule has 0 unspecified atom stereocenters. The van der Waals surface area contributed by atoms with E-state index in [1.54, 1.807) is 17.9 Å². The molecule has 0 atom stereocenters. The lowest BCUT2D eigenvalue weighted by Gasteiger charge is -2.26. The number of carbonyl (C=O) groups is 1. The number of amides is 1. The Labute approximate surface area is 148 Å². The fourth-order valence-corrected chi connectivity index (χ4v) is 3.06. The molecule has 1 aliphatic rings. The second kappa shape index (κ2) is 7.07. The van der Waals surface area contributed by atoms with Crippen LogP contribution in [0.1, 0.15) is 12.5 Å². The molecule has 0 aliphatic carbocycles. The number of hydrogen-bond acceptors (Lipinski definition) is 4. The van der Waals surface area contributed by atoms with E-state index in [1.165, 1.54) is 23.1 Å². The summed E-state index contributed by atoms with van der Waals surface area (Å²) in [7, 11) is 0. The summed E-state index contributed by atoms with van der Waals surface area (Å²) in [6, 6.07) is 7.97. The van der Waals surface area contributed by atoms with Gasteiger partial charge in [0.2, 0.25) is 5.91 Å². The maximum absolute atomic E-state index is 13.5. The molecule has 0 N–H and O–H groups in total. The summed E-state index contributed by atoms with van der Waals surface area (Å²) in [5.74, 6) is -2.18. The van der Waals surface area contributed by atoms with Crippen molar-refractivity contribution in [3.05, 3.63) is 63.7 Å². The predicted molar refractivity (Wildman–Crippen MR) is 93.4 cm³/mol. The van der Waals surface area contributed by atoms with E-state index in [2.05, 4.69) is 0 Å². The number of carbonyl (C=O) groups excluding carboxylic acids is 1. The van der Waals surface area contributed by atoms with Gasteiger partial charge in [-0.1, -0.05) is 6.07 Å². The summed E-state index contributed by atoms with van der Waals surface area (Å²) < 4.78 is 26.6. The summed E-state index contributed by atoms with van der Waals surface area (Å²) in [6.45, 7) is 2.62. The van der Waals surface area contributed by atoms with Crippen molar-refractivity contribution >= 4 is 23.0 Å². The zero-order valence-electron chi connectivity index (χ0n) is 14.1. The lowest BCUT2D eigenvalue weighted by Crippen LogP contribution is -2.39. The maximum atomic E-state index is 13.5. The number of halogens is 2. The third-order valence-corrected chi connectivity index (χ3v) is 4.45. The minimum atomic E-state index is -0.976. The zero-order chi connectivity index (χ0) is 18.8. The highest BCUT2D eigenvalue weighted by Crippen LogP contribution is 2.32. The van der Waals surface area contributed by atoms with Crippen LogP contribution in [0.25, 0.3) is 0 Å². The minimum Gasteiger partial charge on any atom is -0.362 e. The number of anilines is 2. The highest BCUT2D eigenvalue weighted by molar-refractivity contribution is 5.98. The SMILES string of the molecule is CCN(CC(=O)N1CCc2ccc([N+](=O)[O-])cc21)c1ccc(F)c(F)c1. The molecular weight excluding hydrogens is 344 g/mol. The van der Waals surface area contributed by atoms with Crippen molar-refractivity contribution in [3.63, 3.8) is 0 Å². The van der Waals surface area contributed by atoms with E-state index >= 15 is 0 Å². The average molecular weight is 361 g/mol. The number of likely N-dealkylation sites (N-methyl/N-ethyl adjacent to an activating group) is 1. The fraction of sp³-hybridized carbons (Fsp3) is 0.278. The van der Waals surface area contributed by atoms with Gasteiger partial charge in [-0.3, -0.25) is 14.9 Å². The molecule has 2 aromatic rings. The highest BCUT2D eigenvalue weighted by atomic mass is 19.2. The van der Waals surface area contributed by atoms with Crippen LogP contribution in [0, 0.1) is 21.7 Å². The van der Waals surface area contributed by atoms with E-state index in [0.717, 1.165) is 17.7 Å². The molecule has 0 spiro atoms. The Hall–Kier alpha value is -3.03. The Kier molecular flexibility index (Phi) is 4.83. The van der Waals surface area contributed by atoms with E-state index in [0.29, 0.717) is 30.9 Å². The normalized spacial score (nSPS) is 12.8. The second-order valence-electron chi connectivity index (χ2n) is 5.98. The first kappa shape index (κ1) is 17.8. The molecule has 136 valence electrons. The molecular formula is C18H17F2N3O3. The molecule has 1 aliphatic heterocycles. The third-order valence-electron chi connectivity index (χ3n) is 4.45. The van der Waals surface area contributed by atoms with Crippen LogP contribution in [0.15, 0.2) is 36.4 Å². The molecule has 1 heterocycles. The van der Waals surface area contributed by atoms with Crippen molar-refractivity contribution in [2.24, 2.45) is 0 Å². The van der Waals surface area contributed by atoms with Crippen molar-refractivity contribution in [1.82, 2.24) is 0 Å². The van der Waals surface area contributed by atoms with E-state index in [4.69, 9.17) is 0 Å². The number of non-ortho nitro benzene ring substituents is 1. The van der Waals surface area contributed by atoms with Crippen LogP contribution in [0.2, 0.25) is 0 Å². The Morgan fingerprint density at radius 1 is 1.23 bits per heavy atom. The average Bonchev–Trinajstić information content (AvgIpc) is 3.05. The topological polar surface area (TPSA) is 66.7 Å². The van der Waals surface area contributed by atoms with E-state index in [9.17, 15) is 23.7 Å². The predicted octanol–water partition coefficient (Wildman–Crippen LogP) is 3.29. The van der Waals surface area contributed by atoms with Gasteiger partial charge in [0.25, 0.3) is 5.69 Å². The number of benzene rings is 2. The fourth-order valence-electron chi connectivity index (χ4n) is 3.06. The van der Waals surface area contributed by atoms with Crippen molar-refractivity contribution in [1.29, 1.82) is 0 Å². The summed E-state index contributed by atoms with van der Waals surface area (Å²) in [5.41, 5.74) is 1.74. The van der Waals surface area contributed by atoms with Gasteiger partial charge in [0.1, 0.15) is 0 Å². The lowest BCUT2D eigenvalue weighted by atomic mass is 10.1. The molecule has 0 saturated heterocycles. The van der Waals surface area contributed by atoms with Crippen molar-refractivity contribution in [3.8, 4) is 0 Å². The van der Waals surface area contributed by atoms with Crippen molar-refractivity contribution in [2.75, 3.05) is 29.4 Å². The Morgan fingerprint density at radius 2 is 2.00 bits per heavy atom. The summed E-state index contributed by atoms with van der Waals surface area (Å²) in [5, 5.41) is 11.0. The van der Waals surface area contributed by atoms with Gasteiger partial charge in [-0.05, 0) is 31.0 Å². The van der Waals surface area contributed by atoms with Gasteiger partial charge < -0.3 is 9.80 Å². The lowest BCUT2D eigenvalue weighted by molar-refractivity contribution is -0.384. The van der Waals surface area contributed by atoms with Crippen LogP contribution in [0.4, 0.5) is 25.8 Å². The molecule has 8 heteroatoms. The van der Waals surface area contributed by atoms with Crippen molar-refractivity contribution < 1.29 is 18.5 Å². The number of nitrogens with zero attached hydrogens (tertiary/aromatic N) is 3. The summed E-state index contributed by atoms with van der Waals surface area (Å²) >= 11 is 0. The zero-order valence-corrected chi connectivity index (χ0v) is 14.1. The second-order valence-corrected chi connectivity index (χ2v) is 5.98. The number of nitro benzene ring substituents is 1. The molecule has 6 nitrogen and oxygen atoms in total. The summed E-state index contributed by atoms with van der Waals surface area (Å²) in [6.07, 6.45) is 0.621. The van der Waals surface area contributed by atoms with Crippen LogP contribution >= 0.6 is 0 Å². The van der Waals surface area contributed by atoms with Gasteiger partial charge in [-0.25, -0.2) is 8.78 Å². The monoisotopic (exact) mass is 361 g/mol. The smallest absolute Gasteiger partial charge is 0.271 e. The number of hydrogen-bond donors (Lipinski definition) is 0. The maximum Gasteiger partial charge on any atom is 0.271 e. The van der Waals surface area contributed by atoms with Crippen LogP contribution < -0.4 is 9.80 Å². The molecule has 3 rings (SSSR count). The van der Waals surface area contributed by atoms with Crippen LogP contribution in [-0.4, -0.2) is 30.5 Å². The van der Waals surface area contributed by atoms with Gasteiger partial charge >= 0.3 is 0 Å². The van der Waals surface area contributed by atoms with E-state index in [-0.39, 0.29) is 18.1 Å². The highest BCUT2D eigenvalue weighted by Gasteiger charge is 2.27. The molecule has 0 aromatic heterocycles. The number of nitro groups is 1. The quantitative estimate of drug-likeness (QED) is 0.605. The first-order valence-electron chi connectivity index (χ1n) is 8.18. The molecule has 1 amide bonds. The van der Waals surface area contributed by atoms with E-state index < -0.39 is 16.6 Å². The standard InChI is InChI=1S/C18H17F2N3O3/c1-2-21(13-5-6-15(19)16(20)9-13)11-18(24)22-8-7-12-3-4-14(23(25)26)10-17(12)22/h3-6,9-10H,2,7-8,11H2,1H3. The van der Waals surface area contributed by atoms with Gasteiger partial charge in [0.05, 0.1) is 17.2 Å². The van der Waals surface area contributed by atoms with Gasteiger partial charge in [-0.2, -0.15) is 0 Å². The minimum absolute atomic E-state index is 0.0380. The van der Waals surface area contributed by atoms with Gasteiger partial charge in [0, 0.05) is 37.0 Å². The van der Waals surface area contributed by atoms with Crippen LogP contribution in [0.3, 0.4) is 0 Å². The van der Waals surface area contributed by atoms with Crippen LogP contribution in [0.5, 0.6) is 0 Å². The third kappa shape index (κ3) is 3.35. The van der Waals surface area contributed by atoms with Gasteiger partial charge in [0.15, 0.2) is 11.6 Å². The van der Waals surface area contributed by atoms with E-state index in [1.807, 2.05) is 0 Å². The van der Waals surface area contributed by atoms with Crippen molar-refractivity contribution in [2.45, 2.75) is 13.3 Å². The first-order chi connectivity index (χ1) is 12.4.